The number of aryl methyl sites for hydroxylation is 2. The van der Waals surface area contributed by atoms with Gasteiger partial charge in [0.1, 0.15) is 0 Å². The summed E-state index contributed by atoms with van der Waals surface area (Å²) in [5, 5.41) is 15.1. The van der Waals surface area contributed by atoms with Gasteiger partial charge in [0.25, 0.3) is 0 Å². The smallest absolute Gasteiger partial charge is 0.0660 e. The maximum atomic E-state index is 4.03. The number of hydrogen-bond acceptors (Lipinski definition) is 2. The summed E-state index contributed by atoms with van der Waals surface area (Å²) in [6.07, 6.45) is 10.4. The summed E-state index contributed by atoms with van der Waals surface area (Å²) in [6.45, 7) is 13.5. The molecule has 0 aromatic heterocycles. The summed E-state index contributed by atoms with van der Waals surface area (Å²) in [6, 6.07) is 46.6. The van der Waals surface area contributed by atoms with Gasteiger partial charge in [0.2, 0.25) is 0 Å². The van der Waals surface area contributed by atoms with E-state index in [0.29, 0.717) is 6.04 Å². The van der Waals surface area contributed by atoms with Crippen LogP contribution in [0.1, 0.15) is 60.5 Å². The van der Waals surface area contributed by atoms with Gasteiger partial charge in [-0.05, 0) is 110 Å². The molecule has 0 saturated heterocycles. The van der Waals surface area contributed by atoms with E-state index in [1.165, 1.54) is 82.5 Å². The number of rotatable bonds is 8. The van der Waals surface area contributed by atoms with Gasteiger partial charge in [-0.1, -0.05) is 166 Å². The van der Waals surface area contributed by atoms with Gasteiger partial charge in [-0.15, -0.1) is 0 Å². The zero-order valence-electron chi connectivity index (χ0n) is 30.8. The first-order chi connectivity index (χ1) is 25.5. The molecular weight excluding hydrogens is 629 g/mol. The molecule has 52 heavy (non-hydrogen) atoms. The van der Waals surface area contributed by atoms with Gasteiger partial charge in [0.05, 0.1) is 12.7 Å². The van der Waals surface area contributed by atoms with Crippen LogP contribution in [0.5, 0.6) is 0 Å². The Balaban J connectivity index is 0.000000170. The van der Waals surface area contributed by atoms with Crippen molar-refractivity contribution in [2.75, 3.05) is 6.67 Å². The highest BCUT2D eigenvalue weighted by molar-refractivity contribution is 6.25. The largest absolute Gasteiger partial charge is 0.372 e. The molecular formula is C50H48N2. The summed E-state index contributed by atoms with van der Waals surface area (Å²) in [5.74, 6) is 0. The fraction of sp³-hybridized carbons (Fsp3) is 0.160. The van der Waals surface area contributed by atoms with Crippen molar-refractivity contribution in [1.82, 2.24) is 10.6 Å². The van der Waals surface area contributed by atoms with E-state index in [9.17, 15) is 0 Å². The molecule has 0 amide bonds. The lowest BCUT2D eigenvalue weighted by Crippen LogP contribution is -2.39. The van der Waals surface area contributed by atoms with Crippen molar-refractivity contribution in [3.05, 3.63) is 192 Å². The van der Waals surface area contributed by atoms with Gasteiger partial charge in [-0.3, -0.25) is 5.32 Å². The van der Waals surface area contributed by atoms with Gasteiger partial charge in [0, 0.05) is 11.3 Å². The molecule has 0 aliphatic carbocycles. The van der Waals surface area contributed by atoms with Crippen molar-refractivity contribution in [2.45, 2.75) is 46.6 Å². The first-order valence-electron chi connectivity index (χ1n) is 18.6. The molecule has 2 nitrogen and oxygen atoms in total. The summed E-state index contributed by atoms with van der Waals surface area (Å²) >= 11 is 0. The molecule has 2 heteroatoms. The normalized spacial score (nSPS) is 14.9. The summed E-state index contributed by atoms with van der Waals surface area (Å²) in [4.78, 5) is 0. The Hall–Kier alpha value is -5.70. The van der Waals surface area contributed by atoms with Crippen LogP contribution in [0.15, 0.2) is 164 Å². The predicted octanol–water partition coefficient (Wildman–Crippen LogP) is 13.1. The lowest BCUT2D eigenvalue weighted by Gasteiger charge is -2.32. The molecule has 1 aliphatic heterocycles. The van der Waals surface area contributed by atoms with Crippen molar-refractivity contribution in [3.8, 4) is 11.1 Å². The van der Waals surface area contributed by atoms with E-state index in [4.69, 9.17) is 0 Å². The average Bonchev–Trinajstić information content (AvgIpc) is 3.18. The summed E-state index contributed by atoms with van der Waals surface area (Å²) in [7, 11) is 0. The first-order valence-corrected chi connectivity index (χ1v) is 18.6. The summed E-state index contributed by atoms with van der Waals surface area (Å²) in [5.41, 5.74) is 12.9. The Labute approximate surface area is 309 Å². The van der Waals surface area contributed by atoms with Gasteiger partial charge < -0.3 is 5.32 Å². The fourth-order valence-corrected chi connectivity index (χ4v) is 7.82. The van der Waals surface area contributed by atoms with Gasteiger partial charge in [-0.2, -0.15) is 0 Å². The van der Waals surface area contributed by atoms with E-state index in [1.807, 2.05) is 19.1 Å². The molecule has 0 fully saturated rings. The zero-order chi connectivity index (χ0) is 36.0. The Kier molecular flexibility index (Phi) is 10.5. The van der Waals surface area contributed by atoms with Crippen LogP contribution >= 0.6 is 0 Å². The van der Waals surface area contributed by atoms with Crippen molar-refractivity contribution in [3.63, 3.8) is 0 Å². The van der Waals surface area contributed by atoms with Crippen molar-refractivity contribution in [2.24, 2.45) is 0 Å². The highest BCUT2D eigenvalue weighted by Crippen LogP contribution is 2.40. The Morgan fingerprint density at radius 1 is 0.750 bits per heavy atom. The second kappa shape index (κ2) is 15.7. The molecule has 0 bridgehead atoms. The Bertz CT molecular complexity index is 2430. The second-order valence-electron chi connectivity index (χ2n) is 13.8. The number of benzene rings is 7. The van der Waals surface area contributed by atoms with E-state index in [1.54, 1.807) is 0 Å². The topological polar surface area (TPSA) is 24.1 Å². The third-order valence-electron chi connectivity index (χ3n) is 10.2. The standard InChI is InChI=1S/C30H24.C20H24N2/c1-4-6-8-21(5-2)25-17-20(3)18-26(19-25)27-15-13-24-12-11-22-9-7-10-23-14-16-28(27)30(24)29(22)23;1-3-9-18-19(16-11-5-4-6-12-16)21-14-22-20(18)17-13-8-7-10-15(17)2/h4-19H,2H2,1,3H3;4-8,10-13,19,21-22H,3,9,14H2,1-2H3/b6-4-,21-8+;. The highest BCUT2D eigenvalue weighted by atomic mass is 15.1. The molecule has 1 heterocycles. The van der Waals surface area contributed by atoms with Crippen LogP contribution in [0.25, 0.3) is 54.7 Å². The maximum Gasteiger partial charge on any atom is 0.0660 e. The van der Waals surface area contributed by atoms with Gasteiger partial charge in [-0.25, -0.2) is 0 Å². The molecule has 1 aliphatic rings. The molecule has 0 spiro atoms. The molecule has 0 radical (unpaired) electrons. The van der Waals surface area contributed by atoms with Crippen LogP contribution < -0.4 is 10.6 Å². The van der Waals surface area contributed by atoms with E-state index >= 15 is 0 Å². The Morgan fingerprint density at radius 3 is 2.19 bits per heavy atom. The SMILES string of the molecule is C=C/C(=C\C=C/C)c1cc(C)cc(-c2ccc3ccc4cccc5ccc2c3c45)c1.CCCC1=C(c2ccccc2C)NCNC1c1ccccc1. The van der Waals surface area contributed by atoms with Gasteiger partial charge >= 0.3 is 0 Å². The fourth-order valence-electron chi connectivity index (χ4n) is 7.82. The third kappa shape index (κ3) is 6.95. The van der Waals surface area contributed by atoms with Crippen LogP contribution in [-0.2, 0) is 0 Å². The van der Waals surface area contributed by atoms with Crippen molar-refractivity contribution in [1.29, 1.82) is 0 Å². The molecule has 258 valence electrons. The predicted molar refractivity (Wildman–Crippen MR) is 227 cm³/mol. The quantitative estimate of drug-likeness (QED) is 0.124. The van der Waals surface area contributed by atoms with Crippen LogP contribution in [0.3, 0.4) is 0 Å². The molecule has 8 rings (SSSR count). The number of allylic oxidation sites excluding steroid dienone is 5. The first kappa shape index (κ1) is 34.7. The lowest BCUT2D eigenvalue weighted by molar-refractivity contribution is 0.530. The van der Waals surface area contributed by atoms with E-state index in [2.05, 4.69) is 178 Å². The van der Waals surface area contributed by atoms with E-state index in [-0.39, 0.29) is 0 Å². The maximum absolute atomic E-state index is 4.03. The molecule has 1 atom stereocenters. The number of nitrogens with one attached hydrogen (secondary N) is 2. The second-order valence-corrected chi connectivity index (χ2v) is 13.8. The van der Waals surface area contributed by atoms with Crippen LogP contribution in [0.4, 0.5) is 0 Å². The molecule has 2 N–H and O–H groups in total. The molecule has 7 aromatic rings. The van der Waals surface area contributed by atoms with Crippen molar-refractivity contribution >= 4 is 43.6 Å². The molecule has 1 unspecified atom stereocenters. The minimum Gasteiger partial charge on any atom is -0.372 e. The molecule has 7 aromatic carbocycles. The lowest BCUT2D eigenvalue weighted by atomic mass is 9.88. The van der Waals surface area contributed by atoms with Gasteiger partial charge in [0.15, 0.2) is 0 Å². The monoisotopic (exact) mass is 676 g/mol. The Morgan fingerprint density at radius 2 is 1.46 bits per heavy atom. The van der Waals surface area contributed by atoms with E-state index < -0.39 is 0 Å². The van der Waals surface area contributed by atoms with Crippen LogP contribution in [0.2, 0.25) is 0 Å². The minimum absolute atomic E-state index is 0.303. The van der Waals surface area contributed by atoms with Crippen LogP contribution in [-0.4, -0.2) is 6.67 Å². The van der Waals surface area contributed by atoms with Crippen molar-refractivity contribution < 1.29 is 0 Å². The minimum atomic E-state index is 0.303. The summed E-state index contributed by atoms with van der Waals surface area (Å²) < 4.78 is 0. The van der Waals surface area contributed by atoms with Crippen LogP contribution in [0, 0.1) is 13.8 Å². The van der Waals surface area contributed by atoms with E-state index in [0.717, 1.165) is 25.1 Å². The third-order valence-corrected chi connectivity index (χ3v) is 10.2. The highest BCUT2D eigenvalue weighted by Gasteiger charge is 2.24. The molecule has 0 saturated carbocycles. The number of hydrogen-bond donors (Lipinski definition) is 2. The average molecular weight is 677 g/mol. The zero-order valence-corrected chi connectivity index (χ0v) is 30.8.